The molecule has 0 atom stereocenters. The second-order valence-electron chi connectivity index (χ2n) is 2.36. The van der Waals surface area contributed by atoms with Crippen LogP contribution in [0.1, 0.15) is 11.1 Å². The minimum atomic E-state index is -0.172. The van der Waals surface area contributed by atoms with Gasteiger partial charge in [0.25, 0.3) is 0 Å². The minimum Gasteiger partial charge on any atom is -0.207 e. The molecule has 0 amide bonds. The van der Waals surface area contributed by atoms with Crippen molar-refractivity contribution in [3.05, 3.63) is 41.6 Å². The van der Waals surface area contributed by atoms with Gasteiger partial charge in [0, 0.05) is 11.8 Å². The van der Waals surface area contributed by atoms with Crippen LogP contribution in [0.3, 0.4) is 0 Å². The molecular weight excluding hydrogens is 207 g/mol. The molecule has 11 heavy (non-hydrogen) atoms. The average molecular weight is 216 g/mol. The summed E-state index contributed by atoms with van der Waals surface area (Å²) in [6, 6.07) is 4.79. The van der Waals surface area contributed by atoms with Crippen molar-refractivity contribution < 1.29 is 4.39 Å². The smallest absolute Gasteiger partial charge is 0.123 e. The molecule has 0 aliphatic rings. The van der Waals surface area contributed by atoms with Crippen LogP contribution in [0.4, 0.5) is 4.39 Å². The SMILES string of the molecule is Cc1cc(F)ccc1[CH]CBr. The van der Waals surface area contributed by atoms with Crippen LogP contribution in [0, 0.1) is 19.2 Å². The lowest BCUT2D eigenvalue weighted by molar-refractivity contribution is 0.626. The van der Waals surface area contributed by atoms with Gasteiger partial charge in [-0.05, 0) is 30.2 Å². The molecule has 0 nitrogen and oxygen atoms in total. The molecule has 0 spiro atoms. The quantitative estimate of drug-likeness (QED) is 0.666. The molecule has 2 heteroatoms. The Morgan fingerprint density at radius 2 is 2.27 bits per heavy atom. The first kappa shape index (κ1) is 8.72. The fourth-order valence-electron chi connectivity index (χ4n) is 0.951. The van der Waals surface area contributed by atoms with Gasteiger partial charge >= 0.3 is 0 Å². The van der Waals surface area contributed by atoms with Gasteiger partial charge in [0.2, 0.25) is 0 Å². The number of aryl methyl sites for hydroxylation is 1. The Hall–Kier alpha value is -0.370. The standard InChI is InChI=1S/C9H9BrF/c1-7-6-9(11)3-2-8(7)4-5-10/h2-4,6H,5H2,1H3. The largest absolute Gasteiger partial charge is 0.207 e. The summed E-state index contributed by atoms with van der Waals surface area (Å²) < 4.78 is 12.6. The Bertz CT molecular complexity index is 245. The summed E-state index contributed by atoms with van der Waals surface area (Å²) in [5, 5.41) is 0.805. The number of hydrogen-bond donors (Lipinski definition) is 0. The van der Waals surface area contributed by atoms with Crippen LogP contribution >= 0.6 is 15.9 Å². The molecule has 0 saturated heterocycles. The van der Waals surface area contributed by atoms with E-state index in [0.29, 0.717) is 0 Å². The summed E-state index contributed by atoms with van der Waals surface area (Å²) >= 11 is 3.29. The Kier molecular flexibility index (Phi) is 3.06. The maximum Gasteiger partial charge on any atom is 0.123 e. The van der Waals surface area contributed by atoms with E-state index in [1.54, 1.807) is 6.07 Å². The third kappa shape index (κ3) is 2.29. The van der Waals surface area contributed by atoms with Gasteiger partial charge in [0.1, 0.15) is 5.82 Å². The van der Waals surface area contributed by atoms with Crippen molar-refractivity contribution in [3.63, 3.8) is 0 Å². The highest BCUT2D eigenvalue weighted by Gasteiger charge is 1.98. The second kappa shape index (κ2) is 3.86. The molecule has 0 fully saturated rings. The molecule has 0 heterocycles. The van der Waals surface area contributed by atoms with E-state index in [1.165, 1.54) is 12.1 Å². The first-order chi connectivity index (χ1) is 5.24. The molecule has 0 aliphatic heterocycles. The Morgan fingerprint density at radius 3 is 2.82 bits per heavy atom. The van der Waals surface area contributed by atoms with Crippen LogP contribution in [-0.2, 0) is 0 Å². The summed E-state index contributed by atoms with van der Waals surface area (Å²) in [5.41, 5.74) is 2.06. The van der Waals surface area contributed by atoms with Crippen LogP contribution in [0.15, 0.2) is 18.2 Å². The summed E-state index contributed by atoms with van der Waals surface area (Å²) in [5.74, 6) is -0.172. The number of benzene rings is 1. The lowest BCUT2D eigenvalue weighted by Crippen LogP contribution is -1.88. The van der Waals surface area contributed by atoms with Gasteiger partial charge in [0.15, 0.2) is 0 Å². The molecule has 0 N–H and O–H groups in total. The zero-order valence-corrected chi connectivity index (χ0v) is 7.86. The number of rotatable bonds is 2. The number of alkyl halides is 1. The van der Waals surface area contributed by atoms with Gasteiger partial charge in [-0.15, -0.1) is 0 Å². The molecule has 0 unspecified atom stereocenters. The predicted molar refractivity (Wildman–Crippen MR) is 48.3 cm³/mol. The summed E-state index contributed by atoms with van der Waals surface area (Å²) in [6.07, 6.45) is 2.01. The lowest BCUT2D eigenvalue weighted by atomic mass is 10.1. The van der Waals surface area contributed by atoms with Gasteiger partial charge in [-0.2, -0.15) is 0 Å². The first-order valence-corrected chi connectivity index (χ1v) is 4.51. The zero-order valence-electron chi connectivity index (χ0n) is 6.27. The predicted octanol–water partition coefficient (Wildman–Crippen LogP) is 3.08. The molecular formula is C9H9BrF. The topological polar surface area (TPSA) is 0 Å². The second-order valence-corrected chi connectivity index (χ2v) is 3.01. The van der Waals surface area contributed by atoms with E-state index in [-0.39, 0.29) is 5.82 Å². The van der Waals surface area contributed by atoms with Crippen LogP contribution in [-0.4, -0.2) is 5.33 Å². The highest BCUT2D eigenvalue weighted by Crippen LogP contribution is 2.12. The van der Waals surface area contributed by atoms with E-state index >= 15 is 0 Å². The van der Waals surface area contributed by atoms with E-state index in [1.807, 2.05) is 13.3 Å². The van der Waals surface area contributed by atoms with Gasteiger partial charge in [-0.25, -0.2) is 4.39 Å². The van der Waals surface area contributed by atoms with Crippen molar-refractivity contribution in [2.75, 3.05) is 5.33 Å². The highest BCUT2D eigenvalue weighted by molar-refractivity contribution is 9.09. The average Bonchev–Trinajstić information content (AvgIpc) is 1.95. The van der Waals surface area contributed by atoms with Gasteiger partial charge in [-0.1, -0.05) is 22.0 Å². The molecule has 1 rings (SSSR count). The van der Waals surface area contributed by atoms with Crippen molar-refractivity contribution in [1.82, 2.24) is 0 Å². The Balaban J connectivity index is 2.90. The van der Waals surface area contributed by atoms with Crippen molar-refractivity contribution in [3.8, 4) is 0 Å². The molecule has 59 valence electrons. The molecule has 0 aliphatic carbocycles. The molecule has 0 aromatic heterocycles. The fourth-order valence-corrected chi connectivity index (χ4v) is 1.30. The Labute approximate surface area is 74.6 Å². The summed E-state index contributed by atoms with van der Waals surface area (Å²) in [6.45, 7) is 1.90. The molecule has 0 saturated carbocycles. The van der Waals surface area contributed by atoms with Crippen LogP contribution in [0.2, 0.25) is 0 Å². The normalized spacial score (nSPS) is 10.1. The van der Waals surface area contributed by atoms with Crippen LogP contribution in [0.5, 0.6) is 0 Å². The molecule has 1 aromatic carbocycles. The maximum absolute atomic E-state index is 12.6. The van der Waals surface area contributed by atoms with Crippen LogP contribution in [0.25, 0.3) is 0 Å². The van der Waals surface area contributed by atoms with Gasteiger partial charge in [0.05, 0.1) is 0 Å². The summed E-state index contributed by atoms with van der Waals surface area (Å²) in [7, 11) is 0. The minimum absolute atomic E-state index is 0.172. The van der Waals surface area contributed by atoms with Crippen molar-refractivity contribution in [1.29, 1.82) is 0 Å². The molecule has 1 aromatic rings. The summed E-state index contributed by atoms with van der Waals surface area (Å²) in [4.78, 5) is 0. The Morgan fingerprint density at radius 1 is 1.55 bits per heavy atom. The highest BCUT2D eigenvalue weighted by atomic mass is 79.9. The number of halogens is 2. The number of hydrogen-bond acceptors (Lipinski definition) is 0. The third-order valence-corrected chi connectivity index (χ3v) is 1.85. The lowest BCUT2D eigenvalue weighted by Gasteiger charge is -2.01. The molecule has 0 bridgehead atoms. The van der Waals surface area contributed by atoms with E-state index in [9.17, 15) is 4.39 Å². The van der Waals surface area contributed by atoms with Crippen molar-refractivity contribution in [2.45, 2.75) is 6.92 Å². The first-order valence-electron chi connectivity index (χ1n) is 3.39. The van der Waals surface area contributed by atoms with Crippen LogP contribution < -0.4 is 0 Å². The fraction of sp³-hybridized carbons (Fsp3) is 0.222. The van der Waals surface area contributed by atoms with Crippen molar-refractivity contribution >= 4 is 15.9 Å². The molecule has 1 radical (unpaired) electrons. The zero-order chi connectivity index (χ0) is 8.27. The van der Waals surface area contributed by atoms with E-state index < -0.39 is 0 Å². The van der Waals surface area contributed by atoms with Gasteiger partial charge < -0.3 is 0 Å². The maximum atomic E-state index is 12.6. The van der Waals surface area contributed by atoms with E-state index in [2.05, 4.69) is 15.9 Å². The van der Waals surface area contributed by atoms with E-state index in [0.717, 1.165) is 16.5 Å². The van der Waals surface area contributed by atoms with E-state index in [4.69, 9.17) is 0 Å². The monoisotopic (exact) mass is 215 g/mol. The third-order valence-electron chi connectivity index (χ3n) is 1.53. The van der Waals surface area contributed by atoms with Crippen molar-refractivity contribution in [2.24, 2.45) is 0 Å². The van der Waals surface area contributed by atoms with Gasteiger partial charge in [-0.3, -0.25) is 0 Å².